The molecule has 0 aliphatic carbocycles. The highest BCUT2D eigenvalue weighted by Crippen LogP contribution is 2.49. The van der Waals surface area contributed by atoms with Crippen molar-refractivity contribution in [1.29, 1.82) is 0 Å². The number of urea groups is 1. The summed E-state index contributed by atoms with van der Waals surface area (Å²) in [6.45, 7) is 3.51. The molecule has 15 heteroatoms. The van der Waals surface area contributed by atoms with Gasteiger partial charge in [0.2, 0.25) is 17.4 Å². The van der Waals surface area contributed by atoms with Crippen molar-refractivity contribution in [2.45, 2.75) is 44.7 Å². The molecular formula is C22H18F4N6O5. The number of anilines is 1. The Bertz CT molecular complexity index is 1480. The average Bonchev–Trinajstić information content (AvgIpc) is 3.44. The Kier molecular flexibility index (Phi) is 4.74. The molecule has 11 nitrogen and oxygen atoms in total. The summed E-state index contributed by atoms with van der Waals surface area (Å²) in [4.78, 5) is 43.2. The molecule has 0 saturated carbocycles. The van der Waals surface area contributed by atoms with Crippen LogP contribution >= 0.6 is 0 Å². The number of barbiturate groups is 1. The number of alkyl halides is 3. The largest absolute Gasteiger partial charge is 0.434 e. The van der Waals surface area contributed by atoms with E-state index in [4.69, 9.17) is 9.26 Å². The smallest absolute Gasteiger partial charge is 0.372 e. The van der Waals surface area contributed by atoms with Crippen molar-refractivity contribution in [3.05, 3.63) is 35.7 Å². The zero-order valence-electron chi connectivity index (χ0n) is 19.2. The molecule has 3 aliphatic rings. The molecule has 3 aromatic rings. The number of hydrogen-bond donors (Lipinski definition) is 2. The maximum Gasteiger partial charge on any atom is 0.434 e. The van der Waals surface area contributed by atoms with Crippen LogP contribution in [0.15, 0.2) is 23.1 Å². The van der Waals surface area contributed by atoms with E-state index in [1.807, 2.05) is 0 Å². The molecule has 6 rings (SSSR count). The number of nitrogens with one attached hydrogen (secondary N) is 2. The summed E-state index contributed by atoms with van der Waals surface area (Å²) in [5.41, 5.74) is -3.07. The van der Waals surface area contributed by atoms with Gasteiger partial charge in [0.05, 0.1) is 29.3 Å². The SMILES string of the molecule is C[C@@H]1CN2c3c(cc4c(-n5cnc(C(F)(F)F)c5)noc4c3F)CC3(C(=O)NC(=O)NC3=O)[C@H]2[C@H](C)O1. The Morgan fingerprint density at radius 1 is 1.16 bits per heavy atom. The molecule has 2 N–H and O–H groups in total. The first-order chi connectivity index (χ1) is 17.4. The molecule has 194 valence electrons. The van der Waals surface area contributed by atoms with E-state index in [-0.39, 0.29) is 41.0 Å². The van der Waals surface area contributed by atoms with Crippen LogP contribution in [0, 0.1) is 11.2 Å². The van der Waals surface area contributed by atoms with Crippen molar-refractivity contribution in [3.63, 3.8) is 0 Å². The van der Waals surface area contributed by atoms with Crippen molar-refractivity contribution < 1.29 is 41.2 Å². The number of rotatable bonds is 1. The number of ether oxygens (including phenoxy) is 1. The van der Waals surface area contributed by atoms with Crippen molar-refractivity contribution >= 4 is 34.5 Å². The summed E-state index contributed by atoms with van der Waals surface area (Å²) in [5, 5.41) is 8.04. The predicted octanol–water partition coefficient (Wildman–Crippen LogP) is 2.06. The van der Waals surface area contributed by atoms with Crippen LogP contribution in [-0.2, 0) is 26.9 Å². The predicted molar refractivity (Wildman–Crippen MR) is 115 cm³/mol. The minimum atomic E-state index is -4.71. The molecule has 3 aliphatic heterocycles. The standard InChI is InChI=1S/C22H18F4N6O5/c1-8-5-32-14-10(4-21(16(32)9(2)36-8)18(33)28-20(35)29-19(21)34)3-11-15(13(14)23)37-30-17(11)31-6-12(27-7-31)22(24,25)26/h3,6-9,16H,4-5H2,1-2H3,(H2,28,29,33,34,35)/t8-,9+,16-/m1/s1. The lowest BCUT2D eigenvalue weighted by atomic mass is 9.66. The van der Waals surface area contributed by atoms with Gasteiger partial charge in [-0.1, -0.05) is 5.16 Å². The molecule has 0 unspecified atom stereocenters. The first-order valence-electron chi connectivity index (χ1n) is 11.2. The van der Waals surface area contributed by atoms with Crippen molar-refractivity contribution in [3.8, 4) is 5.82 Å². The summed E-state index contributed by atoms with van der Waals surface area (Å²) in [7, 11) is 0. The van der Waals surface area contributed by atoms with Gasteiger partial charge in [-0.3, -0.25) is 24.8 Å². The van der Waals surface area contributed by atoms with Gasteiger partial charge < -0.3 is 14.2 Å². The third kappa shape index (κ3) is 3.19. The lowest BCUT2D eigenvalue weighted by Gasteiger charge is -2.55. The number of amides is 4. The lowest BCUT2D eigenvalue weighted by Crippen LogP contribution is -2.75. The Morgan fingerprint density at radius 2 is 1.86 bits per heavy atom. The van der Waals surface area contributed by atoms with E-state index in [1.165, 1.54) is 6.07 Å². The van der Waals surface area contributed by atoms with E-state index < -0.39 is 59.2 Å². The molecule has 4 amide bonds. The normalized spacial score (nSPS) is 25.2. The quantitative estimate of drug-likeness (QED) is 0.367. The second kappa shape index (κ2) is 7.50. The Hall–Kier alpha value is -4.01. The second-order valence-corrected chi connectivity index (χ2v) is 9.38. The number of benzene rings is 1. The molecule has 5 heterocycles. The average molecular weight is 522 g/mol. The zero-order chi connectivity index (χ0) is 26.4. The van der Waals surface area contributed by atoms with Crippen LogP contribution in [0.3, 0.4) is 0 Å². The molecule has 1 spiro atoms. The van der Waals surface area contributed by atoms with Gasteiger partial charge in [-0.2, -0.15) is 13.2 Å². The van der Waals surface area contributed by atoms with E-state index in [0.717, 1.165) is 10.9 Å². The van der Waals surface area contributed by atoms with E-state index in [0.29, 0.717) is 6.20 Å². The molecule has 0 radical (unpaired) electrons. The number of morpholine rings is 1. The van der Waals surface area contributed by atoms with Gasteiger partial charge in [0.25, 0.3) is 0 Å². The van der Waals surface area contributed by atoms with Crippen molar-refractivity contribution in [2.24, 2.45) is 5.41 Å². The van der Waals surface area contributed by atoms with Crippen LogP contribution in [0.2, 0.25) is 0 Å². The van der Waals surface area contributed by atoms with E-state index >= 15 is 4.39 Å². The van der Waals surface area contributed by atoms with Crippen LogP contribution in [0.25, 0.3) is 16.8 Å². The highest BCUT2D eigenvalue weighted by atomic mass is 19.4. The summed E-state index contributed by atoms with van der Waals surface area (Å²) < 4.78 is 67.3. The van der Waals surface area contributed by atoms with Gasteiger partial charge in [-0.15, -0.1) is 0 Å². The highest BCUT2D eigenvalue weighted by molar-refractivity contribution is 6.20. The Morgan fingerprint density at radius 3 is 2.51 bits per heavy atom. The fraction of sp³-hybridized carbons (Fsp3) is 0.409. The minimum Gasteiger partial charge on any atom is -0.372 e. The van der Waals surface area contributed by atoms with Crippen LogP contribution in [0.4, 0.5) is 28.0 Å². The van der Waals surface area contributed by atoms with Crippen LogP contribution in [0.5, 0.6) is 0 Å². The first-order valence-corrected chi connectivity index (χ1v) is 11.2. The topological polar surface area (TPSA) is 132 Å². The zero-order valence-corrected chi connectivity index (χ0v) is 19.2. The second-order valence-electron chi connectivity index (χ2n) is 9.38. The number of fused-ring (bicyclic) bond motifs is 5. The van der Waals surface area contributed by atoms with Crippen molar-refractivity contribution in [2.75, 3.05) is 11.4 Å². The fourth-order valence-electron chi connectivity index (χ4n) is 5.71. The third-order valence-electron chi connectivity index (χ3n) is 7.06. The molecule has 1 aromatic carbocycles. The number of imidazole rings is 1. The third-order valence-corrected chi connectivity index (χ3v) is 7.06. The van der Waals surface area contributed by atoms with E-state index in [2.05, 4.69) is 20.8 Å². The molecule has 0 bridgehead atoms. The Labute approximate surface area is 204 Å². The van der Waals surface area contributed by atoms with Gasteiger partial charge >= 0.3 is 12.2 Å². The molecule has 3 atom stereocenters. The van der Waals surface area contributed by atoms with Gasteiger partial charge in [-0.25, -0.2) is 14.2 Å². The summed E-state index contributed by atoms with van der Waals surface area (Å²) in [6.07, 6.45) is -4.59. The number of nitrogens with zero attached hydrogens (tertiary/aromatic N) is 4. The molecular weight excluding hydrogens is 504 g/mol. The van der Waals surface area contributed by atoms with Crippen molar-refractivity contribution in [1.82, 2.24) is 25.3 Å². The minimum absolute atomic E-state index is 0.0121. The van der Waals surface area contributed by atoms with Crippen LogP contribution in [0.1, 0.15) is 25.1 Å². The number of carbonyl (C=O) groups is 3. The molecule has 2 fully saturated rings. The summed E-state index contributed by atoms with van der Waals surface area (Å²) in [5.74, 6) is -2.73. The van der Waals surface area contributed by atoms with Crippen LogP contribution in [-0.4, -0.2) is 57.3 Å². The lowest BCUT2D eigenvalue weighted by molar-refractivity contribution is -0.153. The summed E-state index contributed by atoms with van der Waals surface area (Å²) in [6, 6.07) is -0.520. The number of halogens is 4. The monoisotopic (exact) mass is 522 g/mol. The van der Waals surface area contributed by atoms with E-state index in [1.54, 1.807) is 18.7 Å². The van der Waals surface area contributed by atoms with Crippen LogP contribution < -0.4 is 15.5 Å². The Balaban J connectivity index is 1.56. The van der Waals surface area contributed by atoms with E-state index in [9.17, 15) is 27.6 Å². The number of aromatic nitrogens is 3. The molecule has 2 aromatic heterocycles. The summed E-state index contributed by atoms with van der Waals surface area (Å²) >= 11 is 0. The number of imide groups is 2. The number of carbonyl (C=O) groups excluding carboxylic acids is 3. The molecule has 37 heavy (non-hydrogen) atoms. The number of hydrogen-bond acceptors (Lipinski definition) is 8. The molecule has 2 saturated heterocycles. The maximum absolute atomic E-state index is 16.0. The van der Waals surface area contributed by atoms with Gasteiger partial charge in [-0.05, 0) is 25.5 Å². The first kappa shape index (κ1) is 23.4. The fourth-order valence-corrected chi connectivity index (χ4v) is 5.71. The van der Waals surface area contributed by atoms with Gasteiger partial charge in [0.15, 0.2) is 22.7 Å². The van der Waals surface area contributed by atoms with Gasteiger partial charge in [0.1, 0.15) is 6.33 Å². The highest BCUT2D eigenvalue weighted by Gasteiger charge is 2.63. The maximum atomic E-state index is 16.0. The van der Waals surface area contributed by atoms with Gasteiger partial charge in [0, 0.05) is 19.2 Å².